The van der Waals surface area contributed by atoms with E-state index in [9.17, 15) is 8.42 Å². The number of sulfonamides is 1. The number of aliphatic hydroxyl groups is 1. The van der Waals surface area contributed by atoms with Crippen LogP contribution < -0.4 is 0 Å². The largest absolute Gasteiger partial charge is 0.390 e. The fourth-order valence-electron chi connectivity index (χ4n) is 1.27. The summed E-state index contributed by atoms with van der Waals surface area (Å²) < 4.78 is 25.1. The second-order valence-electron chi connectivity index (χ2n) is 3.35. The van der Waals surface area contributed by atoms with Crippen LogP contribution in [0.15, 0.2) is 17.2 Å². The Morgan fingerprint density at radius 1 is 1.53 bits per heavy atom. The average molecular weight is 232 g/mol. The quantitative estimate of drug-likeness (QED) is 0.778. The molecule has 0 fully saturated rings. The highest BCUT2D eigenvalue weighted by atomic mass is 32.2. The topological polar surface area (TPSA) is 73.4 Å². The van der Waals surface area contributed by atoms with Gasteiger partial charge in [0.05, 0.1) is 11.5 Å². The van der Waals surface area contributed by atoms with Gasteiger partial charge in [0, 0.05) is 25.5 Å². The third-order valence-corrected chi connectivity index (χ3v) is 3.97. The molecule has 1 aromatic rings. The number of rotatable bonds is 5. The van der Waals surface area contributed by atoms with Gasteiger partial charge in [-0.2, -0.15) is 0 Å². The SMILES string of the molecule is CCCN(C)S(=O)(=O)c1c[nH]c(CO)c1. The maximum Gasteiger partial charge on any atom is 0.244 e. The summed E-state index contributed by atoms with van der Waals surface area (Å²) in [5, 5.41) is 8.82. The molecule has 1 rings (SSSR count). The van der Waals surface area contributed by atoms with Crippen LogP contribution in [0.1, 0.15) is 19.0 Å². The lowest BCUT2D eigenvalue weighted by Crippen LogP contribution is -2.27. The molecule has 86 valence electrons. The van der Waals surface area contributed by atoms with Crippen molar-refractivity contribution in [3.8, 4) is 0 Å². The molecule has 0 amide bonds. The molecule has 0 saturated carbocycles. The Morgan fingerprint density at radius 2 is 2.20 bits per heavy atom. The number of aromatic nitrogens is 1. The summed E-state index contributed by atoms with van der Waals surface area (Å²) in [4.78, 5) is 2.90. The van der Waals surface area contributed by atoms with Crippen LogP contribution in [0.4, 0.5) is 0 Å². The molecule has 0 atom stereocenters. The van der Waals surface area contributed by atoms with Crippen LogP contribution in [0.3, 0.4) is 0 Å². The predicted molar refractivity (Wildman–Crippen MR) is 56.8 cm³/mol. The molecule has 15 heavy (non-hydrogen) atoms. The molecule has 0 bridgehead atoms. The molecule has 0 aromatic carbocycles. The van der Waals surface area contributed by atoms with Gasteiger partial charge in [0.2, 0.25) is 10.0 Å². The molecule has 0 aliphatic rings. The van der Waals surface area contributed by atoms with Crippen LogP contribution in [-0.2, 0) is 16.6 Å². The Labute approximate surface area is 89.8 Å². The predicted octanol–water partition coefficient (Wildman–Crippen LogP) is 0.537. The van der Waals surface area contributed by atoms with Gasteiger partial charge in [-0.3, -0.25) is 0 Å². The summed E-state index contributed by atoms with van der Waals surface area (Å²) in [6, 6.07) is 1.45. The van der Waals surface area contributed by atoms with E-state index in [1.165, 1.54) is 16.6 Å². The van der Waals surface area contributed by atoms with Gasteiger partial charge in [-0.15, -0.1) is 0 Å². The molecule has 5 nitrogen and oxygen atoms in total. The first-order chi connectivity index (χ1) is 7.02. The molecule has 0 radical (unpaired) electrons. The first kappa shape index (κ1) is 12.2. The maximum atomic E-state index is 11.9. The molecular formula is C9H16N2O3S. The van der Waals surface area contributed by atoms with Crippen LogP contribution in [0.5, 0.6) is 0 Å². The van der Waals surface area contributed by atoms with Crippen molar-refractivity contribution in [1.29, 1.82) is 0 Å². The Kier molecular flexibility index (Phi) is 3.90. The van der Waals surface area contributed by atoms with Gasteiger partial charge >= 0.3 is 0 Å². The summed E-state index contributed by atoms with van der Waals surface area (Å²) in [6.07, 6.45) is 2.17. The molecule has 0 saturated heterocycles. The van der Waals surface area contributed by atoms with E-state index in [1.54, 1.807) is 7.05 Å². The fraction of sp³-hybridized carbons (Fsp3) is 0.556. The van der Waals surface area contributed by atoms with Gasteiger partial charge < -0.3 is 10.1 Å². The number of aliphatic hydroxyl groups excluding tert-OH is 1. The second-order valence-corrected chi connectivity index (χ2v) is 5.39. The molecule has 1 heterocycles. The van der Waals surface area contributed by atoms with Gasteiger partial charge in [-0.25, -0.2) is 12.7 Å². The second kappa shape index (κ2) is 4.78. The van der Waals surface area contributed by atoms with E-state index in [1.807, 2.05) is 6.92 Å². The lowest BCUT2D eigenvalue weighted by Gasteiger charge is -2.14. The summed E-state index contributed by atoms with van der Waals surface area (Å²) in [5.41, 5.74) is 0.499. The van der Waals surface area contributed by atoms with Gasteiger partial charge in [-0.05, 0) is 12.5 Å². The zero-order valence-electron chi connectivity index (χ0n) is 8.90. The number of nitrogens with zero attached hydrogens (tertiary/aromatic N) is 1. The van der Waals surface area contributed by atoms with E-state index in [0.29, 0.717) is 12.2 Å². The summed E-state index contributed by atoms with van der Waals surface area (Å²) in [5.74, 6) is 0. The van der Waals surface area contributed by atoms with E-state index < -0.39 is 10.0 Å². The summed E-state index contributed by atoms with van der Waals surface area (Å²) in [6.45, 7) is 2.22. The Bertz CT molecular complexity index is 411. The highest BCUT2D eigenvalue weighted by molar-refractivity contribution is 7.89. The highest BCUT2D eigenvalue weighted by Gasteiger charge is 2.20. The van der Waals surface area contributed by atoms with Crippen LogP contribution in [0.2, 0.25) is 0 Å². The van der Waals surface area contributed by atoms with Gasteiger partial charge in [-0.1, -0.05) is 6.92 Å². The molecule has 6 heteroatoms. The zero-order valence-corrected chi connectivity index (χ0v) is 9.71. The number of H-pyrrole nitrogens is 1. The lowest BCUT2D eigenvalue weighted by molar-refractivity contribution is 0.277. The first-order valence-corrected chi connectivity index (χ1v) is 6.21. The smallest absolute Gasteiger partial charge is 0.244 e. The van der Waals surface area contributed by atoms with Crippen LogP contribution in [0, 0.1) is 0 Å². The summed E-state index contributed by atoms with van der Waals surface area (Å²) >= 11 is 0. The molecule has 0 unspecified atom stereocenters. The minimum atomic E-state index is -3.40. The van der Waals surface area contributed by atoms with E-state index in [2.05, 4.69) is 4.98 Å². The van der Waals surface area contributed by atoms with Crippen molar-refractivity contribution in [2.75, 3.05) is 13.6 Å². The Balaban J connectivity index is 2.95. The van der Waals surface area contributed by atoms with E-state index in [4.69, 9.17) is 5.11 Å². The lowest BCUT2D eigenvalue weighted by atomic mass is 10.5. The normalized spacial score (nSPS) is 12.3. The molecule has 0 spiro atoms. The molecule has 0 aliphatic heterocycles. The van der Waals surface area contributed by atoms with E-state index >= 15 is 0 Å². The minimum absolute atomic E-state index is 0.187. The molecule has 0 aliphatic carbocycles. The van der Waals surface area contributed by atoms with Gasteiger partial charge in [0.25, 0.3) is 0 Å². The molecule has 2 N–H and O–H groups in total. The van der Waals surface area contributed by atoms with Crippen molar-refractivity contribution in [3.63, 3.8) is 0 Å². The number of hydrogen-bond acceptors (Lipinski definition) is 3. The van der Waals surface area contributed by atoms with Crippen molar-refractivity contribution in [2.45, 2.75) is 24.8 Å². The van der Waals surface area contributed by atoms with Gasteiger partial charge in [0.1, 0.15) is 0 Å². The minimum Gasteiger partial charge on any atom is -0.390 e. The van der Waals surface area contributed by atoms with E-state index in [0.717, 1.165) is 6.42 Å². The molecular weight excluding hydrogens is 216 g/mol. The fourth-order valence-corrected chi connectivity index (χ4v) is 2.56. The third kappa shape index (κ3) is 2.58. The Morgan fingerprint density at radius 3 is 2.67 bits per heavy atom. The molecule has 1 aromatic heterocycles. The zero-order chi connectivity index (χ0) is 11.5. The van der Waals surface area contributed by atoms with Gasteiger partial charge in [0.15, 0.2) is 0 Å². The standard InChI is InChI=1S/C9H16N2O3S/c1-3-4-11(2)15(13,14)9-5-8(7-12)10-6-9/h5-6,10,12H,3-4,7H2,1-2H3. The number of aromatic amines is 1. The maximum absolute atomic E-state index is 11.9. The van der Waals surface area contributed by atoms with Crippen molar-refractivity contribution < 1.29 is 13.5 Å². The first-order valence-electron chi connectivity index (χ1n) is 4.77. The Hall–Kier alpha value is -0.850. The average Bonchev–Trinajstić information content (AvgIpc) is 2.66. The van der Waals surface area contributed by atoms with Crippen LogP contribution in [-0.4, -0.2) is 36.4 Å². The van der Waals surface area contributed by atoms with E-state index in [-0.39, 0.29) is 11.5 Å². The third-order valence-electron chi connectivity index (χ3n) is 2.13. The van der Waals surface area contributed by atoms with Crippen molar-refractivity contribution in [2.24, 2.45) is 0 Å². The van der Waals surface area contributed by atoms with Crippen LogP contribution >= 0.6 is 0 Å². The van der Waals surface area contributed by atoms with Crippen molar-refractivity contribution >= 4 is 10.0 Å². The number of nitrogens with one attached hydrogen (secondary N) is 1. The van der Waals surface area contributed by atoms with Crippen LogP contribution in [0.25, 0.3) is 0 Å². The highest BCUT2D eigenvalue weighted by Crippen LogP contribution is 2.15. The number of hydrogen-bond donors (Lipinski definition) is 2. The summed E-state index contributed by atoms with van der Waals surface area (Å²) in [7, 11) is -1.85. The monoisotopic (exact) mass is 232 g/mol. The van der Waals surface area contributed by atoms with Crippen molar-refractivity contribution in [3.05, 3.63) is 18.0 Å². The van der Waals surface area contributed by atoms with Crippen molar-refractivity contribution in [1.82, 2.24) is 9.29 Å².